The summed E-state index contributed by atoms with van der Waals surface area (Å²) in [5.41, 5.74) is 6.79. The number of nitrogen functional groups attached to an aromatic ring is 1. The van der Waals surface area contributed by atoms with Gasteiger partial charge in [-0.1, -0.05) is 6.92 Å². The normalized spacial score (nSPS) is 16.9. The van der Waals surface area contributed by atoms with Gasteiger partial charge in [0.1, 0.15) is 18.0 Å². The minimum Gasteiger partial charge on any atom is -0.383 e. The average Bonchev–Trinajstić information content (AvgIpc) is 2.52. The molecular formula is C12H19N5O. The number of nitrogens with two attached hydrogens (primary N) is 1. The fourth-order valence-corrected chi connectivity index (χ4v) is 2.20. The maximum absolute atomic E-state index is 11.9. The zero-order chi connectivity index (χ0) is 13.1. The number of likely N-dealkylation sites (N-methyl/N-ethyl adjacent to an activating group) is 1. The van der Waals surface area contributed by atoms with Gasteiger partial charge in [0.2, 0.25) is 5.91 Å². The van der Waals surface area contributed by atoms with E-state index in [-0.39, 0.29) is 5.91 Å². The predicted octanol–water partition coefficient (Wildman–Crippen LogP) is 0.290. The second-order valence-corrected chi connectivity index (χ2v) is 4.51. The molecule has 0 saturated carbocycles. The molecule has 1 fully saturated rings. The van der Waals surface area contributed by atoms with E-state index in [1.165, 1.54) is 6.33 Å². The van der Waals surface area contributed by atoms with Crippen LogP contribution in [0.5, 0.6) is 0 Å². The van der Waals surface area contributed by atoms with Crippen molar-refractivity contribution in [3.05, 3.63) is 11.9 Å². The van der Waals surface area contributed by atoms with Crippen LogP contribution in [0.3, 0.4) is 0 Å². The van der Waals surface area contributed by atoms with Gasteiger partial charge in [-0.15, -0.1) is 0 Å². The van der Waals surface area contributed by atoms with Crippen LogP contribution in [-0.4, -0.2) is 47.5 Å². The number of carbonyl (C=O) groups is 1. The van der Waals surface area contributed by atoms with E-state index in [0.717, 1.165) is 37.3 Å². The van der Waals surface area contributed by atoms with Crippen LogP contribution in [0, 0.1) is 0 Å². The summed E-state index contributed by atoms with van der Waals surface area (Å²) >= 11 is 0. The first kappa shape index (κ1) is 12.6. The monoisotopic (exact) mass is 249 g/mol. The smallest absolute Gasteiger partial charge is 0.241 e. The molecule has 1 amide bonds. The molecule has 0 bridgehead atoms. The maximum Gasteiger partial charge on any atom is 0.241 e. The van der Waals surface area contributed by atoms with Crippen LogP contribution in [0.4, 0.5) is 11.6 Å². The fourth-order valence-electron chi connectivity index (χ4n) is 2.20. The van der Waals surface area contributed by atoms with Gasteiger partial charge in [0.15, 0.2) is 0 Å². The minimum absolute atomic E-state index is 0.117. The van der Waals surface area contributed by atoms with Gasteiger partial charge in [0.05, 0.1) is 6.54 Å². The number of rotatable bonds is 2. The molecule has 0 radical (unpaired) electrons. The van der Waals surface area contributed by atoms with E-state index < -0.39 is 0 Å². The van der Waals surface area contributed by atoms with Crippen molar-refractivity contribution in [1.29, 1.82) is 0 Å². The van der Waals surface area contributed by atoms with Crippen molar-refractivity contribution in [2.75, 3.05) is 37.3 Å². The minimum atomic E-state index is 0.117. The summed E-state index contributed by atoms with van der Waals surface area (Å²) in [6.45, 7) is 3.99. The number of hydrogen-bond donors (Lipinski definition) is 1. The quantitative estimate of drug-likeness (QED) is 0.815. The third-order valence-corrected chi connectivity index (χ3v) is 3.28. The molecule has 1 aliphatic heterocycles. The SMILES string of the molecule is CCc1c(N)ncnc1N1CCCN(C)C(=O)C1. The third kappa shape index (κ3) is 2.37. The van der Waals surface area contributed by atoms with Gasteiger partial charge in [-0.05, 0) is 12.8 Å². The standard InChI is InChI=1S/C12H19N5O/c1-3-9-11(13)14-8-15-12(9)17-6-4-5-16(2)10(18)7-17/h8H,3-7H2,1-2H3,(H2,13,14,15). The first-order valence-electron chi connectivity index (χ1n) is 6.21. The molecule has 18 heavy (non-hydrogen) atoms. The second kappa shape index (κ2) is 5.20. The Hall–Kier alpha value is -1.85. The molecule has 6 heteroatoms. The molecule has 2 heterocycles. The Morgan fingerprint density at radius 3 is 2.89 bits per heavy atom. The molecule has 0 unspecified atom stereocenters. The van der Waals surface area contributed by atoms with E-state index in [0.29, 0.717) is 12.4 Å². The highest BCUT2D eigenvalue weighted by Gasteiger charge is 2.22. The molecule has 6 nitrogen and oxygen atoms in total. The zero-order valence-electron chi connectivity index (χ0n) is 10.9. The Morgan fingerprint density at radius 2 is 2.17 bits per heavy atom. The van der Waals surface area contributed by atoms with Crippen LogP contribution in [0.25, 0.3) is 0 Å². The molecule has 1 aliphatic rings. The van der Waals surface area contributed by atoms with Crippen molar-refractivity contribution in [3.63, 3.8) is 0 Å². The number of carbonyl (C=O) groups excluding carboxylic acids is 1. The van der Waals surface area contributed by atoms with Crippen molar-refractivity contribution < 1.29 is 4.79 Å². The number of hydrogen-bond acceptors (Lipinski definition) is 5. The lowest BCUT2D eigenvalue weighted by Gasteiger charge is -2.23. The Labute approximate surface area is 107 Å². The van der Waals surface area contributed by atoms with Gasteiger partial charge >= 0.3 is 0 Å². The molecule has 1 saturated heterocycles. The summed E-state index contributed by atoms with van der Waals surface area (Å²) in [6, 6.07) is 0. The van der Waals surface area contributed by atoms with Crippen LogP contribution in [0.1, 0.15) is 18.9 Å². The van der Waals surface area contributed by atoms with E-state index in [1.54, 1.807) is 4.90 Å². The van der Waals surface area contributed by atoms with Gasteiger partial charge in [-0.3, -0.25) is 4.79 Å². The highest BCUT2D eigenvalue weighted by atomic mass is 16.2. The van der Waals surface area contributed by atoms with Gasteiger partial charge in [-0.2, -0.15) is 0 Å². The highest BCUT2D eigenvalue weighted by molar-refractivity contribution is 5.81. The van der Waals surface area contributed by atoms with Gasteiger partial charge < -0.3 is 15.5 Å². The van der Waals surface area contributed by atoms with E-state index in [2.05, 4.69) is 9.97 Å². The summed E-state index contributed by atoms with van der Waals surface area (Å²) < 4.78 is 0. The lowest BCUT2D eigenvalue weighted by atomic mass is 10.2. The van der Waals surface area contributed by atoms with Gasteiger partial charge in [-0.25, -0.2) is 9.97 Å². The molecule has 0 aromatic carbocycles. The first-order chi connectivity index (χ1) is 8.63. The van der Waals surface area contributed by atoms with E-state index >= 15 is 0 Å². The topological polar surface area (TPSA) is 75.3 Å². The van der Waals surface area contributed by atoms with Crippen molar-refractivity contribution in [2.45, 2.75) is 19.8 Å². The summed E-state index contributed by atoms with van der Waals surface area (Å²) in [6.07, 6.45) is 3.17. The third-order valence-electron chi connectivity index (χ3n) is 3.28. The largest absolute Gasteiger partial charge is 0.383 e. The van der Waals surface area contributed by atoms with Gasteiger partial charge in [0, 0.05) is 25.7 Å². The zero-order valence-corrected chi connectivity index (χ0v) is 10.9. The molecule has 1 aromatic heterocycles. The lowest BCUT2D eigenvalue weighted by Crippen LogP contribution is -2.35. The highest BCUT2D eigenvalue weighted by Crippen LogP contribution is 2.23. The number of aromatic nitrogens is 2. The molecule has 0 atom stereocenters. The maximum atomic E-state index is 11.9. The molecule has 1 aromatic rings. The van der Waals surface area contributed by atoms with Crippen molar-refractivity contribution in [2.24, 2.45) is 0 Å². The molecule has 0 aliphatic carbocycles. The summed E-state index contributed by atoms with van der Waals surface area (Å²) in [7, 11) is 1.83. The Bertz CT molecular complexity index is 448. The van der Waals surface area contributed by atoms with Crippen molar-refractivity contribution in [3.8, 4) is 0 Å². The Kier molecular flexibility index (Phi) is 3.64. The predicted molar refractivity (Wildman–Crippen MR) is 70.3 cm³/mol. The molecule has 98 valence electrons. The Balaban J connectivity index is 2.30. The van der Waals surface area contributed by atoms with Crippen LogP contribution >= 0.6 is 0 Å². The van der Waals surface area contributed by atoms with Crippen molar-refractivity contribution >= 4 is 17.5 Å². The number of amides is 1. The molecule has 0 spiro atoms. The molecular weight excluding hydrogens is 230 g/mol. The van der Waals surface area contributed by atoms with E-state index in [9.17, 15) is 4.79 Å². The summed E-state index contributed by atoms with van der Waals surface area (Å²) in [5, 5.41) is 0. The Morgan fingerprint density at radius 1 is 1.39 bits per heavy atom. The van der Waals surface area contributed by atoms with Crippen LogP contribution < -0.4 is 10.6 Å². The van der Waals surface area contributed by atoms with Crippen LogP contribution in [0.15, 0.2) is 6.33 Å². The number of anilines is 2. The average molecular weight is 249 g/mol. The van der Waals surface area contributed by atoms with E-state index in [4.69, 9.17) is 5.73 Å². The summed E-state index contributed by atoms with van der Waals surface area (Å²) in [4.78, 5) is 24.0. The van der Waals surface area contributed by atoms with Crippen LogP contribution in [-0.2, 0) is 11.2 Å². The first-order valence-corrected chi connectivity index (χ1v) is 6.21. The van der Waals surface area contributed by atoms with Crippen LogP contribution in [0.2, 0.25) is 0 Å². The number of nitrogens with zero attached hydrogens (tertiary/aromatic N) is 4. The molecule has 2 rings (SSSR count). The fraction of sp³-hybridized carbons (Fsp3) is 0.583. The molecule has 2 N–H and O–H groups in total. The van der Waals surface area contributed by atoms with E-state index in [1.807, 2.05) is 18.9 Å². The van der Waals surface area contributed by atoms with Gasteiger partial charge in [0.25, 0.3) is 0 Å². The second-order valence-electron chi connectivity index (χ2n) is 4.51. The summed E-state index contributed by atoms with van der Waals surface area (Å²) in [5.74, 6) is 1.42. The van der Waals surface area contributed by atoms with Crippen molar-refractivity contribution in [1.82, 2.24) is 14.9 Å². The lowest BCUT2D eigenvalue weighted by molar-refractivity contribution is -0.127.